The Hall–Kier alpha value is -3.49. The number of carbonyl (C=O) groups is 1. The Labute approximate surface area is 197 Å². The first-order chi connectivity index (χ1) is 15.9. The Morgan fingerprint density at radius 1 is 1.18 bits per heavy atom. The average molecular weight is 479 g/mol. The van der Waals surface area contributed by atoms with E-state index in [4.69, 9.17) is 16.3 Å². The van der Waals surface area contributed by atoms with Crippen LogP contribution in [0.2, 0.25) is 5.02 Å². The lowest BCUT2D eigenvalue weighted by Gasteiger charge is -2.12. The minimum atomic E-state index is -0.722. The third kappa shape index (κ3) is 4.03. The molecule has 33 heavy (non-hydrogen) atoms. The summed E-state index contributed by atoms with van der Waals surface area (Å²) in [5, 5.41) is 6.65. The number of ether oxygens (including phenoxy) is 1. The van der Waals surface area contributed by atoms with E-state index in [2.05, 4.69) is 15.1 Å². The van der Waals surface area contributed by atoms with Crippen LogP contribution in [0.5, 0.6) is 0 Å². The SMILES string of the molecule is Cc1nn(Cc2ccccc2Cl)c2sc(C(=O)OC(C)c3nc4ccccc4c(=O)[nH]3)cc12. The zero-order chi connectivity index (χ0) is 23.1. The van der Waals surface area contributed by atoms with Gasteiger partial charge in [-0.25, -0.2) is 9.78 Å². The van der Waals surface area contributed by atoms with Gasteiger partial charge in [-0.05, 0) is 43.7 Å². The predicted octanol–water partition coefficient (Wildman–Crippen LogP) is 5.26. The number of hydrogen-bond acceptors (Lipinski definition) is 6. The van der Waals surface area contributed by atoms with E-state index in [0.717, 1.165) is 21.5 Å². The van der Waals surface area contributed by atoms with Crippen LogP contribution in [0.25, 0.3) is 21.1 Å². The van der Waals surface area contributed by atoms with Crippen LogP contribution in [0.3, 0.4) is 0 Å². The Morgan fingerprint density at radius 2 is 1.94 bits per heavy atom. The molecule has 3 aromatic heterocycles. The molecule has 3 heterocycles. The van der Waals surface area contributed by atoms with Crippen LogP contribution in [-0.4, -0.2) is 25.7 Å². The fraction of sp³-hybridized carbons (Fsp3) is 0.167. The topological polar surface area (TPSA) is 89.9 Å². The van der Waals surface area contributed by atoms with Crippen molar-refractivity contribution >= 4 is 50.0 Å². The Bertz CT molecular complexity index is 1570. The highest BCUT2D eigenvalue weighted by molar-refractivity contribution is 7.20. The largest absolute Gasteiger partial charge is 0.450 e. The Kier molecular flexibility index (Phi) is 5.47. The number of hydrogen-bond donors (Lipinski definition) is 1. The zero-order valence-corrected chi connectivity index (χ0v) is 19.4. The van der Waals surface area contributed by atoms with Crippen molar-refractivity contribution in [1.82, 2.24) is 19.7 Å². The van der Waals surface area contributed by atoms with E-state index >= 15 is 0 Å². The van der Waals surface area contributed by atoms with Gasteiger partial charge in [-0.3, -0.25) is 9.48 Å². The van der Waals surface area contributed by atoms with E-state index in [-0.39, 0.29) is 5.56 Å². The molecule has 9 heteroatoms. The minimum absolute atomic E-state index is 0.268. The highest BCUT2D eigenvalue weighted by Crippen LogP contribution is 2.31. The van der Waals surface area contributed by atoms with Gasteiger partial charge >= 0.3 is 5.97 Å². The summed E-state index contributed by atoms with van der Waals surface area (Å²) in [7, 11) is 0. The fourth-order valence-corrected chi connectivity index (χ4v) is 4.92. The summed E-state index contributed by atoms with van der Waals surface area (Å²) in [6, 6.07) is 16.4. The first kappa shape index (κ1) is 21.4. The number of nitrogens with zero attached hydrogens (tertiary/aromatic N) is 3. The van der Waals surface area contributed by atoms with Gasteiger partial charge in [-0.1, -0.05) is 41.9 Å². The number of aromatic nitrogens is 4. The highest BCUT2D eigenvalue weighted by Gasteiger charge is 2.21. The molecule has 2 aromatic carbocycles. The number of aryl methyl sites for hydroxylation is 1. The highest BCUT2D eigenvalue weighted by atomic mass is 35.5. The van der Waals surface area contributed by atoms with Crippen LogP contribution in [0.4, 0.5) is 0 Å². The molecule has 1 atom stereocenters. The van der Waals surface area contributed by atoms with Crippen LogP contribution in [-0.2, 0) is 11.3 Å². The quantitative estimate of drug-likeness (QED) is 0.348. The number of para-hydroxylation sites is 1. The molecule has 166 valence electrons. The van der Waals surface area contributed by atoms with E-state index in [1.165, 1.54) is 11.3 Å². The van der Waals surface area contributed by atoms with Gasteiger partial charge in [0.15, 0.2) is 11.9 Å². The molecule has 0 radical (unpaired) electrons. The molecule has 0 saturated heterocycles. The minimum Gasteiger partial charge on any atom is -0.450 e. The summed E-state index contributed by atoms with van der Waals surface area (Å²) in [4.78, 5) is 33.7. The number of rotatable bonds is 5. The van der Waals surface area contributed by atoms with E-state index < -0.39 is 12.1 Å². The Balaban J connectivity index is 1.41. The lowest BCUT2D eigenvalue weighted by Crippen LogP contribution is -2.17. The maximum atomic E-state index is 12.9. The molecular weight excluding hydrogens is 460 g/mol. The molecule has 0 saturated carbocycles. The number of nitrogens with one attached hydrogen (secondary N) is 1. The van der Waals surface area contributed by atoms with Crippen LogP contribution >= 0.6 is 22.9 Å². The summed E-state index contributed by atoms with van der Waals surface area (Å²) in [5.41, 5.74) is 2.05. The molecule has 0 aliphatic heterocycles. The molecule has 0 spiro atoms. The van der Waals surface area contributed by atoms with E-state index in [1.54, 1.807) is 37.3 Å². The van der Waals surface area contributed by atoms with Gasteiger partial charge in [0.25, 0.3) is 5.56 Å². The van der Waals surface area contributed by atoms with Gasteiger partial charge in [-0.2, -0.15) is 5.10 Å². The average Bonchev–Trinajstić information content (AvgIpc) is 3.36. The molecule has 7 nitrogen and oxygen atoms in total. The third-order valence-electron chi connectivity index (χ3n) is 5.39. The van der Waals surface area contributed by atoms with Crippen molar-refractivity contribution in [2.24, 2.45) is 0 Å². The molecule has 0 bridgehead atoms. The van der Waals surface area contributed by atoms with Crippen molar-refractivity contribution in [1.29, 1.82) is 0 Å². The summed E-state index contributed by atoms with van der Waals surface area (Å²) in [6.45, 7) is 4.08. The van der Waals surface area contributed by atoms with Crippen molar-refractivity contribution in [2.75, 3.05) is 0 Å². The number of carbonyl (C=O) groups excluding carboxylic acids is 1. The summed E-state index contributed by atoms with van der Waals surface area (Å²) < 4.78 is 7.48. The number of fused-ring (bicyclic) bond motifs is 2. The predicted molar refractivity (Wildman–Crippen MR) is 129 cm³/mol. The standard InChI is InChI=1S/C24H19ClN4O3S/c1-13-17-11-20(33-23(17)29(28-13)12-15-7-3-5-9-18(15)25)24(31)32-14(2)21-26-19-10-6-4-8-16(19)22(30)27-21/h3-11,14H,12H2,1-2H3,(H,26,27,30). The molecule has 1 unspecified atom stereocenters. The van der Waals surface area contributed by atoms with Gasteiger partial charge in [0, 0.05) is 10.4 Å². The second-order valence-electron chi connectivity index (χ2n) is 7.68. The monoisotopic (exact) mass is 478 g/mol. The summed E-state index contributed by atoms with van der Waals surface area (Å²) in [6.07, 6.45) is -0.722. The lowest BCUT2D eigenvalue weighted by atomic mass is 10.2. The van der Waals surface area contributed by atoms with E-state index in [9.17, 15) is 9.59 Å². The van der Waals surface area contributed by atoms with Crippen molar-refractivity contribution in [3.63, 3.8) is 0 Å². The third-order valence-corrected chi connectivity index (χ3v) is 6.88. The molecule has 0 aliphatic rings. The molecule has 0 fully saturated rings. The lowest BCUT2D eigenvalue weighted by molar-refractivity contribution is 0.0326. The smallest absolute Gasteiger partial charge is 0.349 e. The van der Waals surface area contributed by atoms with E-state index in [1.807, 2.05) is 35.9 Å². The number of H-pyrrole nitrogens is 1. The zero-order valence-electron chi connectivity index (χ0n) is 17.8. The van der Waals surface area contributed by atoms with Crippen molar-refractivity contribution in [2.45, 2.75) is 26.5 Å². The number of benzene rings is 2. The number of esters is 1. The van der Waals surface area contributed by atoms with Gasteiger partial charge in [0.2, 0.25) is 0 Å². The maximum absolute atomic E-state index is 12.9. The first-order valence-corrected chi connectivity index (χ1v) is 11.5. The molecule has 0 aliphatic carbocycles. The molecule has 5 rings (SSSR count). The molecular formula is C24H19ClN4O3S. The molecule has 0 amide bonds. The Morgan fingerprint density at radius 3 is 2.76 bits per heavy atom. The fourth-order valence-electron chi connectivity index (χ4n) is 3.68. The van der Waals surface area contributed by atoms with Crippen molar-refractivity contribution < 1.29 is 9.53 Å². The van der Waals surface area contributed by atoms with Crippen LogP contribution in [0, 0.1) is 6.92 Å². The van der Waals surface area contributed by atoms with Gasteiger partial charge in [0.05, 0.1) is 23.1 Å². The maximum Gasteiger partial charge on any atom is 0.349 e. The molecule has 1 N–H and O–H groups in total. The first-order valence-electron chi connectivity index (χ1n) is 10.3. The normalized spacial score (nSPS) is 12.3. The number of aromatic amines is 1. The summed E-state index contributed by atoms with van der Waals surface area (Å²) in [5.74, 6) is -0.183. The van der Waals surface area contributed by atoms with Crippen LogP contribution in [0.1, 0.15) is 39.8 Å². The second kappa shape index (κ2) is 8.46. The van der Waals surface area contributed by atoms with Crippen molar-refractivity contribution in [3.05, 3.63) is 91.9 Å². The number of thiophene rings is 1. The van der Waals surface area contributed by atoms with E-state index in [0.29, 0.717) is 33.2 Å². The van der Waals surface area contributed by atoms with Gasteiger partial charge < -0.3 is 9.72 Å². The van der Waals surface area contributed by atoms with Crippen molar-refractivity contribution in [3.8, 4) is 0 Å². The molecule has 5 aromatic rings. The second-order valence-corrected chi connectivity index (χ2v) is 9.12. The van der Waals surface area contributed by atoms with Crippen LogP contribution < -0.4 is 5.56 Å². The van der Waals surface area contributed by atoms with Gasteiger partial charge in [0.1, 0.15) is 9.71 Å². The van der Waals surface area contributed by atoms with Gasteiger partial charge in [-0.15, -0.1) is 11.3 Å². The number of halogens is 1. The summed E-state index contributed by atoms with van der Waals surface area (Å²) >= 11 is 7.62. The van der Waals surface area contributed by atoms with Crippen LogP contribution in [0.15, 0.2) is 59.4 Å².